The molecule has 2 N–H and O–H groups in total. The van der Waals surface area contributed by atoms with Gasteiger partial charge in [0.1, 0.15) is 19.3 Å². The Morgan fingerprint density at radius 1 is 0.444 bits per heavy atom. The lowest BCUT2D eigenvalue weighted by Crippen LogP contribution is -2.47. The first-order valence-electron chi connectivity index (χ1n) is 34.3. The molecule has 0 aromatic heterocycles. The van der Waals surface area contributed by atoms with Crippen molar-refractivity contribution in [2.24, 2.45) is 0 Å². The number of hydrogen-bond donors (Lipinski definition) is 2. The predicted octanol–water partition coefficient (Wildman–Crippen LogP) is 21.6. The number of ether oxygens (including phenoxy) is 1. The number of nitrogens with one attached hydrogen (secondary N) is 1. The van der Waals surface area contributed by atoms with Crippen LogP contribution in [0.25, 0.3) is 0 Å². The Kier molecular flexibility index (Phi) is 58.7. The number of hydrogen-bond acceptors (Lipinski definition) is 6. The van der Waals surface area contributed by atoms with Gasteiger partial charge in [-0.3, -0.25) is 18.6 Å². The van der Waals surface area contributed by atoms with Crippen LogP contribution in [0.3, 0.4) is 0 Å². The number of unbranched alkanes of at least 4 members (excludes halogenated alkanes) is 36. The summed E-state index contributed by atoms with van der Waals surface area (Å²) in [6.45, 7) is 6.93. The van der Waals surface area contributed by atoms with Gasteiger partial charge >= 0.3 is 13.8 Å². The number of nitrogens with zero attached hydrogens (tertiary/aromatic N) is 1. The van der Waals surface area contributed by atoms with E-state index in [1.54, 1.807) is 0 Å². The Balaban J connectivity index is 5.14. The Morgan fingerprint density at radius 3 is 1.19 bits per heavy atom. The van der Waals surface area contributed by atoms with Crippen LogP contribution in [0.2, 0.25) is 0 Å². The summed E-state index contributed by atoms with van der Waals surface area (Å²) < 4.78 is 30.8. The van der Waals surface area contributed by atoms with Crippen LogP contribution in [0.1, 0.15) is 316 Å². The number of quaternary nitrogens is 1. The van der Waals surface area contributed by atoms with Crippen LogP contribution in [0.5, 0.6) is 0 Å². The van der Waals surface area contributed by atoms with Crippen LogP contribution in [0.4, 0.5) is 0 Å². The number of allylic oxidation sites excluding steroid dienone is 11. The third kappa shape index (κ3) is 61.8. The van der Waals surface area contributed by atoms with E-state index in [1.165, 1.54) is 180 Å². The summed E-state index contributed by atoms with van der Waals surface area (Å²) in [6.07, 6.45) is 79.0. The minimum atomic E-state index is -4.46. The van der Waals surface area contributed by atoms with E-state index >= 15 is 0 Å². The number of carbonyl (C=O) groups excluding carboxylic acids is 2. The van der Waals surface area contributed by atoms with E-state index in [1.807, 2.05) is 33.3 Å². The summed E-state index contributed by atoms with van der Waals surface area (Å²) >= 11 is 0. The first kappa shape index (κ1) is 78.5. The largest absolute Gasteiger partial charge is 0.472 e. The van der Waals surface area contributed by atoms with Gasteiger partial charge < -0.3 is 19.4 Å². The predicted molar refractivity (Wildman–Crippen MR) is 351 cm³/mol. The number of phosphoric acid groups is 1. The van der Waals surface area contributed by atoms with Gasteiger partial charge in [-0.25, -0.2) is 4.57 Å². The summed E-state index contributed by atoms with van der Waals surface area (Å²) in [5.41, 5.74) is 0. The van der Waals surface area contributed by atoms with Crippen molar-refractivity contribution in [1.29, 1.82) is 0 Å². The second kappa shape index (κ2) is 60.6. The molecule has 3 atom stereocenters. The zero-order chi connectivity index (χ0) is 59.3. The van der Waals surface area contributed by atoms with Crippen LogP contribution in [0.15, 0.2) is 72.9 Å². The molecule has 0 aliphatic heterocycles. The van der Waals surface area contributed by atoms with E-state index in [0.29, 0.717) is 23.9 Å². The fourth-order valence-corrected chi connectivity index (χ4v) is 10.6. The number of rotatable bonds is 62. The molecule has 10 heteroatoms. The maximum atomic E-state index is 13.6. The van der Waals surface area contributed by atoms with E-state index < -0.39 is 20.0 Å². The first-order chi connectivity index (χ1) is 39.4. The average molecular weight is 1160 g/mol. The van der Waals surface area contributed by atoms with Gasteiger partial charge in [-0.2, -0.15) is 0 Å². The maximum Gasteiger partial charge on any atom is 0.472 e. The summed E-state index contributed by atoms with van der Waals surface area (Å²) in [5, 5.41) is 3.07. The minimum Gasteiger partial charge on any atom is -0.456 e. The van der Waals surface area contributed by atoms with Crippen molar-refractivity contribution in [2.45, 2.75) is 328 Å². The van der Waals surface area contributed by atoms with Crippen LogP contribution in [0, 0.1) is 0 Å². The molecule has 0 aliphatic rings. The Labute approximate surface area is 502 Å². The molecule has 81 heavy (non-hydrogen) atoms. The van der Waals surface area contributed by atoms with Crippen molar-refractivity contribution in [3.8, 4) is 0 Å². The normalized spacial score (nSPS) is 14.0. The van der Waals surface area contributed by atoms with E-state index in [9.17, 15) is 19.0 Å². The summed E-state index contributed by atoms with van der Waals surface area (Å²) in [4.78, 5) is 37.9. The van der Waals surface area contributed by atoms with E-state index in [4.69, 9.17) is 13.8 Å². The second-order valence-electron chi connectivity index (χ2n) is 24.3. The molecule has 0 spiro atoms. The van der Waals surface area contributed by atoms with Crippen molar-refractivity contribution in [3.63, 3.8) is 0 Å². The molecule has 472 valence electrons. The second-order valence-corrected chi connectivity index (χ2v) is 25.8. The zero-order valence-corrected chi connectivity index (χ0v) is 54.9. The Bertz CT molecular complexity index is 1620. The summed E-state index contributed by atoms with van der Waals surface area (Å²) in [6, 6.07) is -0.853. The van der Waals surface area contributed by atoms with Crippen molar-refractivity contribution in [1.82, 2.24) is 5.32 Å². The highest BCUT2D eigenvalue weighted by molar-refractivity contribution is 7.47. The number of likely N-dealkylation sites (N-methyl/N-ethyl adjacent to an activating group) is 1. The highest BCUT2D eigenvalue weighted by atomic mass is 31.2. The van der Waals surface area contributed by atoms with Gasteiger partial charge in [0.2, 0.25) is 5.91 Å². The van der Waals surface area contributed by atoms with Gasteiger partial charge in [0.05, 0.1) is 33.8 Å². The third-order valence-corrected chi connectivity index (χ3v) is 16.1. The number of amides is 1. The van der Waals surface area contributed by atoms with Gasteiger partial charge in [-0.15, -0.1) is 0 Å². The molecule has 0 rings (SSSR count). The molecule has 0 saturated heterocycles. The van der Waals surface area contributed by atoms with Crippen LogP contribution in [-0.2, 0) is 27.9 Å². The lowest BCUT2D eigenvalue weighted by molar-refractivity contribution is -0.870. The lowest BCUT2D eigenvalue weighted by atomic mass is 10.0. The van der Waals surface area contributed by atoms with Crippen molar-refractivity contribution in [2.75, 3.05) is 40.9 Å². The highest BCUT2D eigenvalue weighted by Crippen LogP contribution is 2.43. The molecule has 3 unspecified atom stereocenters. The molecule has 0 fully saturated rings. The topological polar surface area (TPSA) is 111 Å². The number of phosphoric ester groups is 1. The summed E-state index contributed by atoms with van der Waals surface area (Å²) in [5.74, 6) is -0.501. The third-order valence-electron chi connectivity index (χ3n) is 15.2. The number of esters is 1. The minimum absolute atomic E-state index is 0.0384. The fraction of sp³-hybridized carbons (Fsp3) is 0.803. The highest BCUT2D eigenvalue weighted by Gasteiger charge is 2.30. The van der Waals surface area contributed by atoms with Crippen LogP contribution in [-0.4, -0.2) is 74.3 Å². The van der Waals surface area contributed by atoms with Crippen LogP contribution < -0.4 is 5.32 Å². The lowest BCUT2D eigenvalue weighted by Gasteiger charge is -2.27. The maximum absolute atomic E-state index is 13.6. The fourth-order valence-electron chi connectivity index (χ4n) is 9.91. The quantitative estimate of drug-likeness (QED) is 0.0205. The molecular weight excluding hydrogens is 1020 g/mol. The van der Waals surface area contributed by atoms with Crippen molar-refractivity contribution in [3.05, 3.63) is 72.9 Å². The van der Waals surface area contributed by atoms with Gasteiger partial charge in [-0.05, 0) is 76.7 Å². The Morgan fingerprint density at radius 2 is 0.790 bits per heavy atom. The first-order valence-corrected chi connectivity index (χ1v) is 35.8. The van der Waals surface area contributed by atoms with Gasteiger partial charge in [-0.1, -0.05) is 299 Å². The van der Waals surface area contributed by atoms with Crippen molar-refractivity contribution >= 4 is 19.7 Å². The van der Waals surface area contributed by atoms with Crippen molar-refractivity contribution < 1.29 is 37.3 Å². The molecule has 0 radical (unpaired) electrons. The molecule has 0 bridgehead atoms. The molecular formula is C71H132N2O7P+. The molecule has 9 nitrogen and oxygen atoms in total. The van der Waals surface area contributed by atoms with E-state index in [2.05, 4.69) is 86.8 Å². The van der Waals surface area contributed by atoms with Gasteiger partial charge in [0, 0.05) is 12.8 Å². The van der Waals surface area contributed by atoms with E-state index in [0.717, 1.165) is 103 Å². The average Bonchev–Trinajstić information content (AvgIpc) is 3.44. The molecule has 1 amide bonds. The molecule has 0 aromatic carbocycles. The van der Waals surface area contributed by atoms with Gasteiger partial charge in [0.25, 0.3) is 0 Å². The monoisotopic (exact) mass is 1160 g/mol. The molecule has 0 saturated carbocycles. The van der Waals surface area contributed by atoms with Crippen LogP contribution >= 0.6 is 7.82 Å². The smallest absolute Gasteiger partial charge is 0.456 e. The molecule has 0 aromatic rings. The summed E-state index contributed by atoms with van der Waals surface area (Å²) in [7, 11) is 1.50. The zero-order valence-electron chi connectivity index (χ0n) is 54.0. The SMILES string of the molecule is CC/C=C\C/C=C\C/C=C\C/C=C\C/C=C\CCCCCCCCCCCC(=O)NC(COP(=O)(O)OCC[N+](C)(C)C)C(/C=C\CCCCCCCCCCCCC)OC(=O)CCCCCCCCCCCCCCCCCCC. The standard InChI is InChI=1S/C71H131N2O7P/c1-7-10-13-16-19-22-25-28-30-32-33-34-35-36-37-38-39-41-42-45-48-51-54-57-60-63-70(74)72-68(67-79-81(76,77)78-66-65-73(4,5)6)69(62-59-56-53-50-47-44-27-24-21-18-15-12-9-3)80-71(75)64-61-58-55-52-49-46-43-40-31-29-26-23-20-17-14-11-8-2/h10,13,19,22,28,30,33-34,36-37,59,62,68-69H,7-9,11-12,14-18,20-21,23-27,29,31-32,35,38-58,60-61,63-67H2,1-6H3,(H-,72,74,76,77)/p+1/b13-10-,22-19-,30-28-,34-33-,37-36-,62-59-. The molecule has 0 aliphatic carbocycles. The number of carbonyl (C=O) groups is 2. The van der Waals surface area contributed by atoms with Gasteiger partial charge in [0.15, 0.2) is 0 Å². The Hall–Kier alpha value is -2.55. The molecule has 0 heterocycles. The van der Waals surface area contributed by atoms with E-state index in [-0.39, 0.29) is 25.1 Å².